The van der Waals surface area contributed by atoms with Gasteiger partial charge in [-0.25, -0.2) is 9.59 Å². The Morgan fingerprint density at radius 3 is 2.39 bits per heavy atom. The standard InChI is InChI=1S/C19H27N3O6/c1-11(2)15(21-17(24)14-9-6-10-27-14)18(25)28-12(3)16(23)22-19(26)20-13-7-4-5-8-13/h6,9-13,15H,4-5,7-8H2,1-3H3,(H,21,24)(H2,20,22,23,26)/t12-,15+/m1/s1. The van der Waals surface area contributed by atoms with Gasteiger partial charge in [-0.3, -0.25) is 14.9 Å². The maximum Gasteiger partial charge on any atom is 0.329 e. The quantitative estimate of drug-likeness (QED) is 0.606. The highest BCUT2D eigenvalue weighted by Crippen LogP contribution is 2.17. The molecule has 0 spiro atoms. The summed E-state index contributed by atoms with van der Waals surface area (Å²) in [6.07, 6.45) is 4.03. The SMILES string of the molecule is CC(C)[C@H](NC(=O)c1ccco1)C(=O)O[C@H](C)C(=O)NC(=O)NC1CCCC1. The molecule has 1 fully saturated rings. The Labute approximate surface area is 163 Å². The van der Waals surface area contributed by atoms with Crippen molar-refractivity contribution in [2.24, 2.45) is 5.92 Å². The Morgan fingerprint density at radius 2 is 1.82 bits per heavy atom. The summed E-state index contributed by atoms with van der Waals surface area (Å²) in [5.74, 6) is -2.29. The average Bonchev–Trinajstić information content (AvgIpc) is 3.32. The fourth-order valence-electron chi connectivity index (χ4n) is 2.92. The topological polar surface area (TPSA) is 127 Å². The molecule has 9 nitrogen and oxygen atoms in total. The van der Waals surface area contributed by atoms with Gasteiger partial charge in [-0.05, 0) is 37.8 Å². The molecule has 0 aliphatic heterocycles. The van der Waals surface area contributed by atoms with Crippen molar-refractivity contribution >= 4 is 23.8 Å². The molecule has 2 atom stereocenters. The van der Waals surface area contributed by atoms with E-state index < -0.39 is 36.0 Å². The number of urea groups is 1. The molecular weight excluding hydrogens is 366 g/mol. The van der Waals surface area contributed by atoms with Crippen LogP contribution < -0.4 is 16.0 Å². The molecule has 9 heteroatoms. The van der Waals surface area contributed by atoms with Crippen LogP contribution in [0.1, 0.15) is 57.0 Å². The Morgan fingerprint density at radius 1 is 1.14 bits per heavy atom. The Hall–Kier alpha value is -2.84. The highest BCUT2D eigenvalue weighted by Gasteiger charge is 2.30. The molecule has 2 rings (SSSR count). The number of amides is 4. The van der Waals surface area contributed by atoms with E-state index in [4.69, 9.17) is 9.15 Å². The van der Waals surface area contributed by atoms with Crippen LogP contribution in [0.4, 0.5) is 4.79 Å². The number of nitrogens with one attached hydrogen (secondary N) is 3. The van der Waals surface area contributed by atoms with E-state index in [0.717, 1.165) is 25.7 Å². The number of rotatable bonds is 7. The fourth-order valence-corrected chi connectivity index (χ4v) is 2.92. The predicted octanol–water partition coefficient (Wildman–Crippen LogP) is 1.73. The zero-order valence-corrected chi connectivity index (χ0v) is 16.3. The summed E-state index contributed by atoms with van der Waals surface area (Å²) in [6, 6.07) is 1.51. The van der Waals surface area contributed by atoms with Crippen molar-refractivity contribution in [1.82, 2.24) is 16.0 Å². The summed E-state index contributed by atoms with van der Waals surface area (Å²) in [7, 11) is 0. The minimum atomic E-state index is -1.19. The summed E-state index contributed by atoms with van der Waals surface area (Å²) in [5.41, 5.74) is 0. The van der Waals surface area contributed by atoms with Crippen molar-refractivity contribution in [2.75, 3.05) is 0 Å². The highest BCUT2D eigenvalue weighted by molar-refractivity contribution is 5.98. The third-order valence-electron chi connectivity index (χ3n) is 4.54. The van der Waals surface area contributed by atoms with Crippen LogP contribution in [0.25, 0.3) is 0 Å². The molecule has 1 aliphatic rings. The van der Waals surface area contributed by atoms with Gasteiger partial charge in [0.1, 0.15) is 6.04 Å². The molecular formula is C19H27N3O6. The summed E-state index contributed by atoms with van der Waals surface area (Å²) >= 11 is 0. The molecule has 3 N–H and O–H groups in total. The van der Waals surface area contributed by atoms with E-state index in [9.17, 15) is 19.2 Å². The van der Waals surface area contributed by atoms with Crippen LogP contribution in [0.5, 0.6) is 0 Å². The monoisotopic (exact) mass is 393 g/mol. The number of carbonyl (C=O) groups is 4. The molecule has 0 saturated heterocycles. The van der Waals surface area contributed by atoms with Gasteiger partial charge >= 0.3 is 12.0 Å². The summed E-state index contributed by atoms with van der Waals surface area (Å²) < 4.78 is 10.1. The largest absolute Gasteiger partial charge is 0.459 e. The normalized spacial score (nSPS) is 16.3. The molecule has 28 heavy (non-hydrogen) atoms. The summed E-state index contributed by atoms with van der Waals surface area (Å²) in [6.45, 7) is 4.82. The zero-order valence-electron chi connectivity index (χ0n) is 16.3. The minimum Gasteiger partial charge on any atom is -0.459 e. The molecule has 1 aromatic heterocycles. The van der Waals surface area contributed by atoms with Gasteiger partial charge < -0.3 is 19.8 Å². The van der Waals surface area contributed by atoms with Crippen molar-refractivity contribution in [1.29, 1.82) is 0 Å². The van der Waals surface area contributed by atoms with E-state index >= 15 is 0 Å². The first-order valence-electron chi connectivity index (χ1n) is 9.44. The summed E-state index contributed by atoms with van der Waals surface area (Å²) in [5, 5.41) is 7.43. The Kier molecular flexibility index (Phi) is 7.60. The molecule has 1 saturated carbocycles. The average molecular weight is 393 g/mol. The molecule has 154 valence electrons. The van der Waals surface area contributed by atoms with Crippen molar-refractivity contribution in [3.63, 3.8) is 0 Å². The number of carbonyl (C=O) groups excluding carboxylic acids is 4. The van der Waals surface area contributed by atoms with Crippen LogP contribution in [0.15, 0.2) is 22.8 Å². The lowest BCUT2D eigenvalue weighted by Gasteiger charge is -2.22. The molecule has 1 aromatic rings. The fraction of sp³-hybridized carbons (Fsp3) is 0.579. The molecule has 1 aliphatic carbocycles. The molecule has 1 heterocycles. The van der Waals surface area contributed by atoms with Gasteiger partial charge in [-0.2, -0.15) is 0 Å². The van der Waals surface area contributed by atoms with E-state index in [1.165, 1.54) is 19.3 Å². The molecule has 0 unspecified atom stereocenters. The maximum absolute atomic E-state index is 12.4. The number of hydrogen-bond acceptors (Lipinski definition) is 6. The smallest absolute Gasteiger partial charge is 0.329 e. The van der Waals surface area contributed by atoms with Crippen LogP contribution in [0.3, 0.4) is 0 Å². The lowest BCUT2D eigenvalue weighted by atomic mass is 10.0. The van der Waals surface area contributed by atoms with Crippen molar-refractivity contribution in [3.8, 4) is 0 Å². The van der Waals surface area contributed by atoms with E-state index in [-0.39, 0.29) is 17.7 Å². The second-order valence-electron chi connectivity index (χ2n) is 7.20. The molecule has 4 amide bonds. The number of ether oxygens (including phenoxy) is 1. The maximum atomic E-state index is 12.4. The number of imide groups is 1. The van der Waals surface area contributed by atoms with E-state index in [2.05, 4.69) is 16.0 Å². The van der Waals surface area contributed by atoms with Crippen molar-refractivity contribution in [3.05, 3.63) is 24.2 Å². The van der Waals surface area contributed by atoms with Crippen LogP contribution in [-0.2, 0) is 14.3 Å². The Bertz CT molecular complexity index is 695. The third kappa shape index (κ3) is 6.11. The van der Waals surface area contributed by atoms with Crippen LogP contribution >= 0.6 is 0 Å². The summed E-state index contributed by atoms with van der Waals surface area (Å²) in [4.78, 5) is 48.5. The lowest BCUT2D eigenvalue weighted by molar-refractivity contribution is -0.157. The number of furan rings is 1. The predicted molar refractivity (Wildman–Crippen MR) is 99.3 cm³/mol. The Balaban J connectivity index is 1.85. The second kappa shape index (κ2) is 9.91. The third-order valence-corrected chi connectivity index (χ3v) is 4.54. The molecule has 0 bridgehead atoms. The number of esters is 1. The zero-order chi connectivity index (χ0) is 20.7. The first-order chi connectivity index (χ1) is 13.3. The highest BCUT2D eigenvalue weighted by atomic mass is 16.5. The van der Waals surface area contributed by atoms with Crippen molar-refractivity contribution in [2.45, 2.75) is 64.6 Å². The van der Waals surface area contributed by atoms with Gasteiger partial charge in [0.15, 0.2) is 11.9 Å². The van der Waals surface area contributed by atoms with Crippen LogP contribution in [0, 0.1) is 5.92 Å². The van der Waals surface area contributed by atoms with E-state index in [1.54, 1.807) is 19.9 Å². The van der Waals surface area contributed by atoms with Gasteiger partial charge in [0.05, 0.1) is 6.26 Å². The minimum absolute atomic E-state index is 0.0628. The van der Waals surface area contributed by atoms with Gasteiger partial charge in [0, 0.05) is 6.04 Å². The molecule has 0 radical (unpaired) electrons. The van der Waals surface area contributed by atoms with Crippen LogP contribution in [0.2, 0.25) is 0 Å². The lowest BCUT2D eigenvalue weighted by Crippen LogP contribution is -2.50. The first-order valence-corrected chi connectivity index (χ1v) is 9.44. The van der Waals surface area contributed by atoms with E-state index in [0.29, 0.717) is 0 Å². The second-order valence-corrected chi connectivity index (χ2v) is 7.20. The molecule has 0 aromatic carbocycles. The van der Waals surface area contributed by atoms with Gasteiger partial charge in [0.2, 0.25) is 0 Å². The van der Waals surface area contributed by atoms with Crippen molar-refractivity contribution < 1.29 is 28.3 Å². The van der Waals surface area contributed by atoms with E-state index in [1.807, 2.05) is 0 Å². The number of hydrogen-bond donors (Lipinski definition) is 3. The van der Waals surface area contributed by atoms with Gasteiger partial charge in [-0.15, -0.1) is 0 Å². The van der Waals surface area contributed by atoms with Gasteiger partial charge in [0.25, 0.3) is 11.8 Å². The van der Waals surface area contributed by atoms with Gasteiger partial charge in [-0.1, -0.05) is 26.7 Å². The first kappa shape index (κ1) is 21.5. The van der Waals surface area contributed by atoms with Crippen LogP contribution in [-0.4, -0.2) is 42.0 Å².